The second kappa shape index (κ2) is 9.60. The summed E-state index contributed by atoms with van der Waals surface area (Å²) in [6.07, 6.45) is 13.8. The molecule has 6 heteroatoms. The van der Waals surface area contributed by atoms with Gasteiger partial charge in [0.2, 0.25) is 5.91 Å². The Bertz CT molecular complexity index is 1040. The quantitative estimate of drug-likeness (QED) is 0.284. The lowest BCUT2D eigenvalue weighted by Gasteiger charge is -2.45. The van der Waals surface area contributed by atoms with Crippen molar-refractivity contribution in [3.8, 4) is 12.3 Å². The summed E-state index contributed by atoms with van der Waals surface area (Å²) in [4.78, 5) is 30.4. The predicted molar refractivity (Wildman–Crippen MR) is 136 cm³/mol. The van der Waals surface area contributed by atoms with E-state index in [9.17, 15) is 9.59 Å². The number of carbonyl (C=O) groups excluding carboxylic acids is 2. The van der Waals surface area contributed by atoms with Gasteiger partial charge in [-0.3, -0.25) is 4.79 Å². The average Bonchev–Trinajstić information content (AvgIpc) is 3.41. The van der Waals surface area contributed by atoms with Crippen LogP contribution in [0.15, 0.2) is 35.8 Å². The maximum atomic E-state index is 13.6. The topological polar surface area (TPSA) is 63.0 Å². The van der Waals surface area contributed by atoms with Gasteiger partial charge >= 0.3 is 6.09 Å². The third-order valence-electron chi connectivity index (χ3n) is 7.63. The van der Waals surface area contributed by atoms with Crippen molar-refractivity contribution < 1.29 is 18.7 Å². The number of unbranched alkanes of at least 4 members (excludes halogenated alkanes) is 1. The van der Waals surface area contributed by atoms with Gasteiger partial charge in [0.1, 0.15) is 17.1 Å². The number of hydrogen-bond acceptors (Lipinski definition) is 4. The van der Waals surface area contributed by atoms with Crippen LogP contribution >= 0.6 is 0 Å². The van der Waals surface area contributed by atoms with Crippen molar-refractivity contribution >= 4 is 12.0 Å². The van der Waals surface area contributed by atoms with Gasteiger partial charge in [0.15, 0.2) is 0 Å². The van der Waals surface area contributed by atoms with E-state index in [1.807, 2.05) is 42.7 Å². The highest BCUT2D eigenvalue weighted by Crippen LogP contribution is 2.67. The van der Waals surface area contributed by atoms with Crippen LogP contribution in [0.5, 0.6) is 0 Å². The van der Waals surface area contributed by atoms with Crippen molar-refractivity contribution in [3.05, 3.63) is 48.5 Å². The van der Waals surface area contributed by atoms with E-state index in [2.05, 4.69) is 25.1 Å². The Hall–Kier alpha value is -2.94. The van der Waals surface area contributed by atoms with Gasteiger partial charge in [0.05, 0.1) is 12.1 Å². The van der Waals surface area contributed by atoms with E-state index in [1.165, 1.54) is 5.56 Å². The first kappa shape index (κ1) is 25.2. The second-order valence-corrected chi connectivity index (χ2v) is 11.1. The molecule has 0 saturated carbocycles. The summed E-state index contributed by atoms with van der Waals surface area (Å²) in [6.45, 7) is 14.6. The van der Waals surface area contributed by atoms with Gasteiger partial charge in [-0.2, -0.15) is 0 Å². The Balaban J connectivity index is 1.72. The Kier molecular flexibility index (Phi) is 6.90. The molecule has 2 saturated heterocycles. The maximum absolute atomic E-state index is 13.6. The van der Waals surface area contributed by atoms with Gasteiger partial charge in [-0.1, -0.05) is 12.2 Å². The van der Waals surface area contributed by atoms with Crippen LogP contribution in [0, 0.1) is 17.8 Å². The maximum Gasteiger partial charge on any atom is 0.410 e. The molecule has 1 aromatic heterocycles. The van der Waals surface area contributed by atoms with Crippen molar-refractivity contribution in [1.82, 2.24) is 9.80 Å². The summed E-state index contributed by atoms with van der Waals surface area (Å²) in [7, 11) is 0. The van der Waals surface area contributed by atoms with Crippen molar-refractivity contribution in [2.45, 2.75) is 89.3 Å². The van der Waals surface area contributed by atoms with Gasteiger partial charge in [-0.05, 0) is 64.0 Å². The molecule has 0 unspecified atom stereocenters. The van der Waals surface area contributed by atoms with E-state index in [4.69, 9.17) is 15.6 Å². The molecule has 0 radical (unpaired) electrons. The summed E-state index contributed by atoms with van der Waals surface area (Å²) >= 11 is 0. The van der Waals surface area contributed by atoms with Crippen LogP contribution in [0.2, 0.25) is 0 Å². The third kappa shape index (κ3) is 4.53. The molecule has 1 aliphatic carbocycles. The molecular weight excluding hydrogens is 440 g/mol. The van der Waals surface area contributed by atoms with Crippen molar-refractivity contribution in [2.75, 3.05) is 13.1 Å². The number of terminal acetylenes is 1. The molecule has 2 amide bonds. The number of ether oxygens (including phenoxy) is 1. The molecule has 0 N–H and O–H groups in total. The number of likely N-dealkylation sites (tertiary alicyclic amines) is 2. The first-order valence-electron chi connectivity index (χ1n) is 12.7. The number of nitrogens with zero attached hydrogens (tertiary/aromatic N) is 2. The van der Waals surface area contributed by atoms with E-state index in [-0.39, 0.29) is 35.4 Å². The minimum Gasteiger partial charge on any atom is -0.464 e. The molecule has 0 bridgehead atoms. The van der Waals surface area contributed by atoms with Gasteiger partial charge in [0.25, 0.3) is 0 Å². The van der Waals surface area contributed by atoms with E-state index < -0.39 is 5.60 Å². The van der Waals surface area contributed by atoms with Crippen molar-refractivity contribution in [1.29, 1.82) is 0 Å². The van der Waals surface area contributed by atoms with Gasteiger partial charge in [-0.15, -0.1) is 25.5 Å². The fourth-order valence-electron chi connectivity index (χ4n) is 6.33. The smallest absolute Gasteiger partial charge is 0.410 e. The fourth-order valence-corrected chi connectivity index (χ4v) is 6.33. The predicted octanol–water partition coefficient (Wildman–Crippen LogP) is 5.75. The van der Waals surface area contributed by atoms with E-state index >= 15 is 0 Å². The molecule has 35 heavy (non-hydrogen) atoms. The monoisotopic (exact) mass is 478 g/mol. The number of furan rings is 1. The second-order valence-electron chi connectivity index (χ2n) is 11.1. The zero-order valence-electron chi connectivity index (χ0n) is 21.3. The molecule has 4 rings (SSSR count). The van der Waals surface area contributed by atoms with E-state index in [0.717, 1.165) is 37.2 Å². The Morgan fingerprint density at radius 2 is 2.14 bits per heavy atom. The summed E-state index contributed by atoms with van der Waals surface area (Å²) < 4.78 is 12.1. The van der Waals surface area contributed by atoms with Crippen LogP contribution in [-0.2, 0) is 16.0 Å². The summed E-state index contributed by atoms with van der Waals surface area (Å²) in [5.41, 5.74) is 0.295. The highest BCUT2D eigenvalue weighted by atomic mass is 16.6. The first-order chi connectivity index (χ1) is 16.6. The van der Waals surface area contributed by atoms with Crippen molar-refractivity contribution in [3.63, 3.8) is 0 Å². The fraction of sp³-hybridized carbons (Fsp3) is 0.586. The van der Waals surface area contributed by atoms with Gasteiger partial charge in [0, 0.05) is 37.8 Å². The largest absolute Gasteiger partial charge is 0.464 e. The molecule has 2 aliphatic heterocycles. The highest BCUT2D eigenvalue weighted by Gasteiger charge is 2.65. The number of amides is 2. The third-order valence-corrected chi connectivity index (χ3v) is 7.63. The molecule has 3 heterocycles. The molecule has 1 aromatic rings. The zero-order chi connectivity index (χ0) is 25.4. The lowest BCUT2D eigenvalue weighted by Crippen LogP contribution is -2.51. The molecule has 2 fully saturated rings. The number of carbonyl (C=O) groups is 2. The number of rotatable bonds is 7. The number of piperidine rings is 1. The summed E-state index contributed by atoms with van der Waals surface area (Å²) in [5, 5.41) is 0. The SMILES string of the molecule is C#CCCc1cc2c(o1)[C@@H]1N(C(=O)CCCC=C)[C@@H](C=C)C[C@@]13CN(C(=O)OC(C)(C)C)CC[C@@H]23. The molecular formula is C29H38N2O4. The van der Waals surface area contributed by atoms with Crippen molar-refractivity contribution in [2.24, 2.45) is 5.41 Å². The first-order valence-corrected chi connectivity index (χ1v) is 12.7. The highest BCUT2D eigenvalue weighted by molar-refractivity contribution is 5.78. The number of allylic oxidation sites excluding steroid dienone is 1. The molecule has 4 atom stereocenters. The van der Waals surface area contributed by atoms with E-state index in [0.29, 0.717) is 32.4 Å². The van der Waals surface area contributed by atoms with Gasteiger partial charge < -0.3 is 19.0 Å². The number of aryl methyl sites for hydroxylation is 1. The van der Waals surface area contributed by atoms with Crippen LogP contribution in [-0.4, -0.2) is 46.5 Å². The van der Waals surface area contributed by atoms with Gasteiger partial charge in [-0.25, -0.2) is 4.79 Å². The van der Waals surface area contributed by atoms with Crippen LogP contribution in [0.4, 0.5) is 4.79 Å². The van der Waals surface area contributed by atoms with Crippen LogP contribution in [0.1, 0.15) is 88.3 Å². The molecule has 6 nitrogen and oxygen atoms in total. The van der Waals surface area contributed by atoms with Crippen LogP contribution in [0.3, 0.4) is 0 Å². The normalized spacial score (nSPS) is 27.0. The Labute approximate surface area is 209 Å². The lowest BCUT2D eigenvalue weighted by atomic mass is 9.68. The Morgan fingerprint density at radius 3 is 2.80 bits per heavy atom. The number of fused-ring (bicyclic) bond motifs is 3. The van der Waals surface area contributed by atoms with E-state index in [1.54, 1.807) is 0 Å². The molecule has 3 aliphatic rings. The average molecular weight is 479 g/mol. The van der Waals surface area contributed by atoms with Crippen LogP contribution in [0.25, 0.3) is 0 Å². The number of hydrogen-bond donors (Lipinski definition) is 0. The molecule has 188 valence electrons. The van der Waals surface area contributed by atoms with Crippen LogP contribution < -0.4 is 0 Å². The lowest BCUT2D eigenvalue weighted by molar-refractivity contribution is -0.135. The summed E-state index contributed by atoms with van der Waals surface area (Å²) in [6, 6.07) is 1.81. The zero-order valence-corrected chi connectivity index (χ0v) is 21.3. The minimum atomic E-state index is -0.565. The molecule has 0 aromatic carbocycles. The summed E-state index contributed by atoms with van der Waals surface area (Å²) in [5.74, 6) is 4.73. The standard InChI is InChI=1S/C29H38N2O4/c1-7-10-12-14-24(32)31-20(9-3)18-29-19-30(27(33)35-28(4,5)6)16-15-23(29)22-17-21(13-11-8-2)34-25(22)26(29)31/h2,7,9,17,20,23,26H,1,3,10-16,18-19H2,4-6H3/t20-,23-,26-,29-/m0/s1. The minimum absolute atomic E-state index is 0.0983. The Morgan fingerprint density at radius 1 is 1.37 bits per heavy atom. The molecule has 1 spiro atoms.